The summed E-state index contributed by atoms with van der Waals surface area (Å²) in [7, 11) is 1.29. The number of allylic oxidation sites excluding steroid dienone is 2. The minimum Gasteiger partial charge on any atom is -0.756 e. The summed E-state index contributed by atoms with van der Waals surface area (Å²) in [4.78, 5) is 24.7. The molecule has 3 unspecified atom stereocenters. The second-order valence-corrected chi connectivity index (χ2v) is 12.9. The number of carbonyl (C=O) groups is 1. The van der Waals surface area contributed by atoms with Crippen LogP contribution in [0.3, 0.4) is 0 Å². The Morgan fingerprint density at radius 3 is 2.05 bits per heavy atom. The van der Waals surface area contributed by atoms with Crippen molar-refractivity contribution in [2.24, 2.45) is 0 Å². The molecule has 3 atom stereocenters. The van der Waals surface area contributed by atoms with Crippen LogP contribution in [0.1, 0.15) is 117 Å². The second kappa shape index (κ2) is 23.0. The third-order valence-electron chi connectivity index (χ3n) is 6.50. The first-order valence-electron chi connectivity index (χ1n) is 15.0. The molecule has 0 aliphatic carbocycles. The van der Waals surface area contributed by atoms with E-state index in [1.807, 2.05) is 21.1 Å². The zero-order chi connectivity index (χ0) is 28.7. The maximum atomic E-state index is 12.5. The summed E-state index contributed by atoms with van der Waals surface area (Å²) >= 11 is 0. The summed E-state index contributed by atoms with van der Waals surface area (Å²) in [5.74, 6) is -0.189. The summed E-state index contributed by atoms with van der Waals surface area (Å²) in [5.41, 5.74) is 0. The predicted octanol–water partition coefficient (Wildman–Crippen LogP) is 5.88. The largest absolute Gasteiger partial charge is 0.756 e. The van der Waals surface area contributed by atoms with E-state index in [9.17, 15) is 19.4 Å². The third-order valence-corrected chi connectivity index (χ3v) is 7.47. The molecule has 0 aliphatic rings. The van der Waals surface area contributed by atoms with Crippen LogP contribution in [0, 0.1) is 0 Å². The highest BCUT2D eigenvalue weighted by molar-refractivity contribution is 7.45. The first-order chi connectivity index (χ1) is 18.0. The number of aliphatic hydroxyl groups excluding tert-OH is 1. The third kappa shape index (κ3) is 24.3. The van der Waals surface area contributed by atoms with Crippen LogP contribution in [0.25, 0.3) is 0 Å². The van der Waals surface area contributed by atoms with Gasteiger partial charge in [0.2, 0.25) is 5.91 Å². The zero-order valence-corrected chi connectivity index (χ0v) is 26.0. The van der Waals surface area contributed by atoms with Gasteiger partial charge in [-0.2, -0.15) is 0 Å². The van der Waals surface area contributed by atoms with Gasteiger partial charge in [0.05, 0.1) is 39.9 Å². The van der Waals surface area contributed by atoms with E-state index >= 15 is 0 Å². The van der Waals surface area contributed by atoms with Crippen molar-refractivity contribution in [3.8, 4) is 0 Å². The Balaban J connectivity index is 4.34. The minimum absolute atomic E-state index is 0.00961. The standard InChI is InChI=1S/C29H59N2O6P/c1-6-8-10-11-12-13-14-15-16-17-18-19-21-23-29(33)30-27(28(32)22-20-9-7-2)26-37-38(34,35)36-25-24-31(3,4)5/h13-14,27-28,32H,6-12,15-26H2,1-5H3,(H-,30,33,34,35)/b14-13-. The SMILES string of the molecule is CCCCCC/C=C\CCCCCCCC(=O)NC(COP(=O)([O-])OCC[N+](C)(C)C)C(O)CCCCC. The van der Waals surface area contributed by atoms with E-state index in [2.05, 4.69) is 31.3 Å². The Kier molecular flexibility index (Phi) is 22.5. The number of hydrogen-bond donors (Lipinski definition) is 2. The molecular formula is C29H59N2O6P. The fraction of sp³-hybridized carbons (Fsp3) is 0.897. The normalized spacial score (nSPS) is 15.4. The maximum absolute atomic E-state index is 12.5. The lowest BCUT2D eigenvalue weighted by Crippen LogP contribution is -2.46. The van der Waals surface area contributed by atoms with Crippen molar-refractivity contribution in [1.82, 2.24) is 5.32 Å². The van der Waals surface area contributed by atoms with Crippen molar-refractivity contribution in [2.45, 2.75) is 129 Å². The van der Waals surface area contributed by atoms with Gasteiger partial charge >= 0.3 is 0 Å². The lowest BCUT2D eigenvalue weighted by Gasteiger charge is -2.30. The van der Waals surface area contributed by atoms with Gasteiger partial charge in [-0.25, -0.2) is 0 Å². The van der Waals surface area contributed by atoms with Gasteiger partial charge in [-0.15, -0.1) is 0 Å². The molecule has 0 bridgehead atoms. The number of phosphoric acid groups is 1. The molecule has 0 rings (SSSR count). The number of hydrogen-bond acceptors (Lipinski definition) is 6. The quantitative estimate of drug-likeness (QED) is 0.0590. The Hall–Kier alpha value is -0.760. The van der Waals surface area contributed by atoms with Crippen LogP contribution in [0.2, 0.25) is 0 Å². The van der Waals surface area contributed by atoms with Gasteiger partial charge in [0.15, 0.2) is 0 Å². The summed E-state index contributed by atoms with van der Waals surface area (Å²) in [6.07, 6.45) is 20.0. The van der Waals surface area contributed by atoms with E-state index in [1.165, 1.54) is 38.5 Å². The second-order valence-electron chi connectivity index (χ2n) is 11.5. The van der Waals surface area contributed by atoms with Crippen LogP contribution < -0.4 is 10.2 Å². The van der Waals surface area contributed by atoms with E-state index in [4.69, 9.17) is 9.05 Å². The van der Waals surface area contributed by atoms with Crippen molar-refractivity contribution >= 4 is 13.7 Å². The molecule has 0 radical (unpaired) electrons. The van der Waals surface area contributed by atoms with Gasteiger partial charge in [-0.3, -0.25) is 9.36 Å². The number of likely N-dealkylation sites (N-methyl/N-ethyl adjacent to an activating group) is 1. The van der Waals surface area contributed by atoms with Gasteiger partial charge in [0.1, 0.15) is 13.2 Å². The number of unbranched alkanes of at least 4 members (excludes halogenated alkanes) is 11. The Morgan fingerprint density at radius 1 is 0.895 bits per heavy atom. The number of carbonyl (C=O) groups excluding carboxylic acids is 1. The number of rotatable bonds is 26. The molecule has 8 nitrogen and oxygen atoms in total. The molecule has 0 aromatic heterocycles. The number of nitrogens with one attached hydrogen (secondary N) is 1. The number of phosphoric ester groups is 1. The molecule has 2 N–H and O–H groups in total. The topological polar surface area (TPSA) is 108 Å². The van der Waals surface area contributed by atoms with Gasteiger partial charge in [0.25, 0.3) is 7.82 Å². The first kappa shape index (κ1) is 37.2. The number of nitrogens with zero attached hydrogens (tertiary/aromatic N) is 1. The van der Waals surface area contributed by atoms with Crippen LogP contribution in [0.15, 0.2) is 12.2 Å². The highest BCUT2D eigenvalue weighted by Gasteiger charge is 2.24. The van der Waals surface area contributed by atoms with Crippen molar-refractivity contribution in [3.63, 3.8) is 0 Å². The Morgan fingerprint density at radius 2 is 1.45 bits per heavy atom. The van der Waals surface area contributed by atoms with Crippen molar-refractivity contribution in [3.05, 3.63) is 12.2 Å². The van der Waals surface area contributed by atoms with E-state index in [0.29, 0.717) is 23.9 Å². The predicted molar refractivity (Wildman–Crippen MR) is 155 cm³/mol. The average molecular weight is 563 g/mol. The van der Waals surface area contributed by atoms with Crippen molar-refractivity contribution in [2.75, 3.05) is 40.9 Å². The Labute approximate surface area is 233 Å². The van der Waals surface area contributed by atoms with Crippen LogP contribution in [0.4, 0.5) is 0 Å². The lowest BCUT2D eigenvalue weighted by molar-refractivity contribution is -0.870. The highest BCUT2D eigenvalue weighted by atomic mass is 31.2. The number of amides is 1. The van der Waals surface area contributed by atoms with Gasteiger partial charge in [0, 0.05) is 6.42 Å². The molecule has 0 saturated heterocycles. The van der Waals surface area contributed by atoms with E-state index < -0.39 is 20.0 Å². The van der Waals surface area contributed by atoms with Crippen LogP contribution in [-0.2, 0) is 18.4 Å². The molecule has 0 heterocycles. The monoisotopic (exact) mass is 562 g/mol. The molecule has 0 aromatic carbocycles. The van der Waals surface area contributed by atoms with Crippen LogP contribution in [0.5, 0.6) is 0 Å². The molecule has 0 saturated carbocycles. The Bertz CT molecular complexity index is 653. The molecule has 0 aromatic rings. The molecule has 38 heavy (non-hydrogen) atoms. The van der Waals surface area contributed by atoms with E-state index in [-0.39, 0.29) is 19.1 Å². The number of quaternary nitrogens is 1. The van der Waals surface area contributed by atoms with Gasteiger partial charge < -0.3 is 28.8 Å². The first-order valence-corrected chi connectivity index (χ1v) is 16.5. The smallest absolute Gasteiger partial charge is 0.268 e. The molecular weight excluding hydrogens is 503 g/mol. The summed E-state index contributed by atoms with van der Waals surface area (Å²) in [6, 6.07) is -0.794. The maximum Gasteiger partial charge on any atom is 0.268 e. The van der Waals surface area contributed by atoms with Gasteiger partial charge in [-0.1, -0.05) is 83.8 Å². The van der Waals surface area contributed by atoms with Crippen LogP contribution >= 0.6 is 7.82 Å². The zero-order valence-electron chi connectivity index (χ0n) is 25.1. The average Bonchev–Trinajstić information content (AvgIpc) is 2.83. The minimum atomic E-state index is -4.53. The molecule has 1 amide bonds. The molecule has 226 valence electrons. The van der Waals surface area contributed by atoms with Gasteiger partial charge in [-0.05, 0) is 38.5 Å². The lowest BCUT2D eigenvalue weighted by atomic mass is 10.0. The highest BCUT2D eigenvalue weighted by Crippen LogP contribution is 2.38. The summed E-state index contributed by atoms with van der Waals surface area (Å²) in [6.45, 7) is 4.48. The fourth-order valence-electron chi connectivity index (χ4n) is 3.97. The molecule has 0 spiro atoms. The van der Waals surface area contributed by atoms with E-state index in [1.54, 1.807) is 0 Å². The van der Waals surface area contributed by atoms with Crippen LogP contribution in [-0.4, -0.2) is 68.5 Å². The summed E-state index contributed by atoms with van der Waals surface area (Å²) < 4.78 is 22.7. The number of aliphatic hydroxyl groups is 1. The molecule has 0 fully saturated rings. The van der Waals surface area contributed by atoms with Crippen molar-refractivity contribution in [1.29, 1.82) is 0 Å². The fourth-order valence-corrected chi connectivity index (χ4v) is 4.69. The molecule has 9 heteroatoms. The molecule has 0 aliphatic heterocycles. The van der Waals surface area contributed by atoms with Crippen molar-refractivity contribution < 1.29 is 32.9 Å². The van der Waals surface area contributed by atoms with E-state index in [0.717, 1.165) is 51.4 Å². The summed E-state index contributed by atoms with van der Waals surface area (Å²) in [5, 5.41) is 13.4.